The molecule has 0 spiro atoms. The third-order valence-electron chi connectivity index (χ3n) is 5.22. The Balaban J connectivity index is 1.58. The van der Waals surface area contributed by atoms with E-state index in [0.29, 0.717) is 18.3 Å². The molecule has 6 heteroatoms. The third kappa shape index (κ3) is 3.52. The molecule has 0 saturated carbocycles. The van der Waals surface area contributed by atoms with Crippen LogP contribution in [0.5, 0.6) is 0 Å². The standard InChI is InChI=1S/C20H24N4OS/c1-2-23-10-3-4-16(23)14-24(13-15-5-8-21-9-6-15)20(25)18-12-19-17(22-18)7-11-26-19/h5-9,11-12,16,22H,2-4,10,13-14H2,1H3/t16-/m1/s1. The maximum Gasteiger partial charge on any atom is 0.270 e. The van der Waals surface area contributed by atoms with E-state index in [1.165, 1.54) is 6.42 Å². The van der Waals surface area contributed by atoms with Gasteiger partial charge < -0.3 is 9.88 Å². The first-order valence-electron chi connectivity index (χ1n) is 9.23. The number of hydrogen-bond donors (Lipinski definition) is 1. The summed E-state index contributed by atoms with van der Waals surface area (Å²) in [6.07, 6.45) is 5.95. The number of pyridine rings is 1. The van der Waals surface area contributed by atoms with Crippen LogP contribution in [0.25, 0.3) is 10.2 Å². The summed E-state index contributed by atoms with van der Waals surface area (Å²) in [7, 11) is 0. The van der Waals surface area contributed by atoms with Crippen molar-refractivity contribution in [3.63, 3.8) is 0 Å². The molecule has 4 heterocycles. The molecular formula is C20H24N4OS. The van der Waals surface area contributed by atoms with Crippen LogP contribution in [-0.2, 0) is 6.54 Å². The van der Waals surface area contributed by atoms with Crippen molar-refractivity contribution in [2.45, 2.75) is 32.4 Å². The summed E-state index contributed by atoms with van der Waals surface area (Å²) in [5, 5.41) is 2.04. The number of carbonyl (C=O) groups excluding carboxylic acids is 1. The monoisotopic (exact) mass is 368 g/mol. The molecule has 1 aliphatic rings. The van der Waals surface area contributed by atoms with Crippen molar-refractivity contribution in [2.75, 3.05) is 19.6 Å². The van der Waals surface area contributed by atoms with Crippen molar-refractivity contribution < 1.29 is 4.79 Å². The summed E-state index contributed by atoms with van der Waals surface area (Å²) in [4.78, 5) is 25.1. The van der Waals surface area contributed by atoms with Crippen molar-refractivity contribution in [1.82, 2.24) is 19.8 Å². The van der Waals surface area contributed by atoms with Crippen LogP contribution in [0.1, 0.15) is 35.8 Å². The highest BCUT2D eigenvalue weighted by molar-refractivity contribution is 7.17. The van der Waals surface area contributed by atoms with E-state index in [1.807, 2.05) is 34.5 Å². The number of amides is 1. The lowest BCUT2D eigenvalue weighted by Crippen LogP contribution is -2.42. The minimum Gasteiger partial charge on any atom is -0.350 e. The van der Waals surface area contributed by atoms with E-state index in [0.717, 1.165) is 41.8 Å². The number of fused-ring (bicyclic) bond motifs is 1. The molecule has 1 saturated heterocycles. The van der Waals surface area contributed by atoms with Crippen LogP contribution in [0, 0.1) is 0 Å². The number of nitrogens with one attached hydrogen (secondary N) is 1. The van der Waals surface area contributed by atoms with Gasteiger partial charge in [0.05, 0.1) is 10.2 Å². The van der Waals surface area contributed by atoms with E-state index >= 15 is 0 Å². The van der Waals surface area contributed by atoms with E-state index in [2.05, 4.69) is 21.8 Å². The van der Waals surface area contributed by atoms with Crippen LogP contribution in [0.3, 0.4) is 0 Å². The highest BCUT2D eigenvalue weighted by Crippen LogP contribution is 2.24. The second-order valence-electron chi connectivity index (χ2n) is 6.85. The van der Waals surface area contributed by atoms with Crippen molar-refractivity contribution >= 4 is 27.5 Å². The average molecular weight is 369 g/mol. The van der Waals surface area contributed by atoms with Crippen molar-refractivity contribution in [1.29, 1.82) is 0 Å². The molecule has 5 nitrogen and oxygen atoms in total. The summed E-state index contributed by atoms with van der Waals surface area (Å²) in [5.41, 5.74) is 2.84. The quantitative estimate of drug-likeness (QED) is 0.721. The van der Waals surface area contributed by atoms with Crippen molar-refractivity contribution in [2.24, 2.45) is 0 Å². The second kappa shape index (κ2) is 7.60. The molecule has 1 amide bonds. The highest BCUT2D eigenvalue weighted by Gasteiger charge is 2.28. The number of aromatic amines is 1. The number of H-pyrrole nitrogens is 1. The van der Waals surface area contributed by atoms with Crippen LogP contribution in [0.4, 0.5) is 0 Å². The summed E-state index contributed by atoms with van der Waals surface area (Å²) >= 11 is 1.66. The summed E-state index contributed by atoms with van der Waals surface area (Å²) in [5.74, 6) is 0.0770. The molecule has 136 valence electrons. The summed E-state index contributed by atoms with van der Waals surface area (Å²) < 4.78 is 1.13. The molecule has 0 unspecified atom stereocenters. The first-order chi connectivity index (χ1) is 12.7. The predicted molar refractivity (Wildman–Crippen MR) is 105 cm³/mol. The van der Waals surface area contributed by atoms with Gasteiger partial charge in [0.1, 0.15) is 5.69 Å². The topological polar surface area (TPSA) is 52.2 Å². The lowest BCUT2D eigenvalue weighted by molar-refractivity contribution is 0.0687. The zero-order valence-electron chi connectivity index (χ0n) is 15.0. The Morgan fingerprint density at radius 3 is 3.00 bits per heavy atom. The van der Waals surface area contributed by atoms with Gasteiger partial charge in [0.15, 0.2) is 0 Å². The lowest BCUT2D eigenvalue weighted by atomic mass is 10.1. The fourth-order valence-corrected chi connectivity index (χ4v) is 4.62. The van der Waals surface area contributed by atoms with Gasteiger partial charge in [-0.05, 0) is 61.1 Å². The van der Waals surface area contributed by atoms with Gasteiger partial charge in [-0.3, -0.25) is 14.7 Å². The number of nitrogens with zero attached hydrogens (tertiary/aromatic N) is 3. The van der Waals surface area contributed by atoms with E-state index in [4.69, 9.17) is 0 Å². The van der Waals surface area contributed by atoms with Crippen molar-refractivity contribution in [3.8, 4) is 0 Å². The van der Waals surface area contributed by atoms with Crippen LogP contribution in [0.15, 0.2) is 42.0 Å². The highest BCUT2D eigenvalue weighted by atomic mass is 32.1. The summed E-state index contributed by atoms with van der Waals surface area (Å²) in [6, 6.07) is 8.43. The Hall–Kier alpha value is -2.18. The molecule has 26 heavy (non-hydrogen) atoms. The molecule has 0 radical (unpaired) electrons. The maximum atomic E-state index is 13.3. The molecular weight excluding hydrogens is 344 g/mol. The molecule has 0 aliphatic carbocycles. The van der Waals surface area contributed by atoms with E-state index < -0.39 is 0 Å². The first kappa shape index (κ1) is 17.2. The second-order valence-corrected chi connectivity index (χ2v) is 7.80. The lowest BCUT2D eigenvalue weighted by Gasteiger charge is -2.30. The van der Waals surface area contributed by atoms with Crippen LogP contribution < -0.4 is 0 Å². The zero-order chi connectivity index (χ0) is 17.9. The SMILES string of the molecule is CCN1CCC[C@@H]1CN(Cc1ccncc1)C(=O)c1cc2sccc2[nH]1. The van der Waals surface area contributed by atoms with E-state index in [1.54, 1.807) is 23.7 Å². The van der Waals surface area contributed by atoms with E-state index in [9.17, 15) is 4.79 Å². The molecule has 3 aromatic rings. The Bertz CT molecular complexity index is 844. The van der Waals surface area contributed by atoms with Gasteiger partial charge in [0.2, 0.25) is 0 Å². The largest absolute Gasteiger partial charge is 0.350 e. The molecule has 4 rings (SSSR count). The van der Waals surface area contributed by atoms with Gasteiger partial charge in [0.25, 0.3) is 5.91 Å². The number of likely N-dealkylation sites (N-methyl/N-ethyl adjacent to an activating group) is 1. The van der Waals surface area contributed by atoms with Crippen molar-refractivity contribution in [3.05, 3.63) is 53.3 Å². The summed E-state index contributed by atoms with van der Waals surface area (Å²) in [6.45, 7) is 5.76. The molecule has 3 aromatic heterocycles. The molecule has 1 aliphatic heterocycles. The van der Waals surface area contributed by atoms with Gasteiger partial charge >= 0.3 is 0 Å². The minimum atomic E-state index is 0.0770. The molecule has 1 atom stereocenters. The number of likely N-dealkylation sites (tertiary alicyclic amines) is 1. The average Bonchev–Trinajstić information content (AvgIpc) is 3.37. The molecule has 0 aromatic carbocycles. The fraction of sp³-hybridized carbons (Fsp3) is 0.400. The maximum absolute atomic E-state index is 13.3. The number of carbonyl (C=O) groups is 1. The number of thiophene rings is 1. The van der Waals surface area contributed by atoms with Gasteiger partial charge in [-0.15, -0.1) is 11.3 Å². The smallest absolute Gasteiger partial charge is 0.270 e. The zero-order valence-corrected chi connectivity index (χ0v) is 15.8. The third-order valence-corrected chi connectivity index (χ3v) is 6.08. The van der Waals surface area contributed by atoms with E-state index in [-0.39, 0.29) is 5.91 Å². The molecule has 1 N–H and O–H groups in total. The predicted octanol–water partition coefficient (Wildman–Crippen LogP) is 3.75. The van der Waals surface area contributed by atoms with Gasteiger partial charge in [0, 0.05) is 31.5 Å². The number of rotatable bonds is 6. The number of hydrogen-bond acceptors (Lipinski definition) is 4. The Labute approximate surface area is 157 Å². The van der Waals surface area contributed by atoms with Crippen LogP contribution in [-0.4, -0.2) is 51.4 Å². The molecule has 0 bridgehead atoms. The first-order valence-corrected chi connectivity index (χ1v) is 10.1. The van der Waals surface area contributed by atoms with Gasteiger partial charge in [-0.1, -0.05) is 6.92 Å². The molecule has 1 fully saturated rings. The van der Waals surface area contributed by atoms with Gasteiger partial charge in [-0.2, -0.15) is 0 Å². The fourth-order valence-electron chi connectivity index (χ4n) is 3.83. The Morgan fingerprint density at radius 1 is 1.38 bits per heavy atom. The Morgan fingerprint density at radius 2 is 2.23 bits per heavy atom. The normalized spacial score (nSPS) is 17.8. The Kier molecular flexibility index (Phi) is 5.04. The number of aromatic nitrogens is 2. The van der Waals surface area contributed by atoms with Crippen LogP contribution in [0.2, 0.25) is 0 Å². The minimum absolute atomic E-state index is 0.0770. The van der Waals surface area contributed by atoms with Gasteiger partial charge in [-0.25, -0.2) is 0 Å². The van der Waals surface area contributed by atoms with Crippen LogP contribution >= 0.6 is 11.3 Å².